The van der Waals surface area contributed by atoms with E-state index in [1.807, 2.05) is 0 Å². The highest BCUT2D eigenvalue weighted by atomic mass is 16.4. The number of aliphatic hydroxyl groups is 1. The second-order valence-electron chi connectivity index (χ2n) is 3.66. The van der Waals surface area contributed by atoms with Crippen molar-refractivity contribution in [2.75, 3.05) is 13.1 Å². The molecule has 2 N–H and O–H groups in total. The number of nitrogens with zero attached hydrogens (tertiary/aromatic N) is 1. The maximum Gasteiger partial charge on any atom is 0.371 e. The predicted molar refractivity (Wildman–Crippen MR) is 52.2 cm³/mol. The van der Waals surface area contributed by atoms with E-state index in [2.05, 4.69) is 0 Å². The second kappa shape index (κ2) is 3.97. The fraction of sp³-hybridized carbons (Fsp3) is 0.400. The van der Waals surface area contributed by atoms with Gasteiger partial charge >= 0.3 is 5.97 Å². The number of hydrogen-bond donors (Lipinski definition) is 2. The number of likely N-dealkylation sites (tertiary alicyclic amines) is 1. The third-order valence-corrected chi connectivity index (χ3v) is 2.48. The number of β-amino-alcohol motifs (C(OH)–C–C–N with tert-alkyl or cyclic N) is 1. The first-order valence-electron chi connectivity index (χ1n) is 4.88. The van der Waals surface area contributed by atoms with Crippen LogP contribution in [0.3, 0.4) is 0 Å². The van der Waals surface area contributed by atoms with Crippen LogP contribution in [-0.4, -0.2) is 46.2 Å². The Bertz CT molecular complexity index is 425. The third kappa shape index (κ3) is 1.92. The maximum absolute atomic E-state index is 11.8. The van der Waals surface area contributed by atoms with Gasteiger partial charge in [0.2, 0.25) is 5.76 Å². The number of amides is 1. The zero-order valence-corrected chi connectivity index (χ0v) is 8.42. The molecule has 0 spiro atoms. The van der Waals surface area contributed by atoms with Gasteiger partial charge in [0, 0.05) is 13.1 Å². The van der Waals surface area contributed by atoms with Crippen LogP contribution >= 0.6 is 0 Å². The van der Waals surface area contributed by atoms with Crippen molar-refractivity contribution in [3.05, 3.63) is 23.7 Å². The van der Waals surface area contributed by atoms with Crippen molar-refractivity contribution in [2.24, 2.45) is 0 Å². The average molecular weight is 225 g/mol. The fourth-order valence-corrected chi connectivity index (χ4v) is 1.65. The van der Waals surface area contributed by atoms with E-state index in [0.29, 0.717) is 13.0 Å². The molecule has 1 aromatic heterocycles. The van der Waals surface area contributed by atoms with Crippen molar-refractivity contribution in [3.63, 3.8) is 0 Å². The minimum Gasteiger partial charge on any atom is -0.475 e. The minimum atomic E-state index is -1.21. The summed E-state index contributed by atoms with van der Waals surface area (Å²) in [5, 5.41) is 17.9. The summed E-state index contributed by atoms with van der Waals surface area (Å²) in [4.78, 5) is 23.7. The Balaban J connectivity index is 2.11. The van der Waals surface area contributed by atoms with E-state index in [-0.39, 0.29) is 24.0 Å². The number of carboxylic acid groups (broad SMARTS) is 1. The van der Waals surface area contributed by atoms with Crippen molar-refractivity contribution >= 4 is 11.9 Å². The van der Waals surface area contributed by atoms with E-state index in [4.69, 9.17) is 9.52 Å². The first-order chi connectivity index (χ1) is 7.58. The van der Waals surface area contributed by atoms with E-state index in [1.54, 1.807) is 0 Å². The first-order valence-corrected chi connectivity index (χ1v) is 4.88. The summed E-state index contributed by atoms with van der Waals surface area (Å²) in [7, 11) is 0. The lowest BCUT2D eigenvalue weighted by atomic mass is 10.3. The lowest BCUT2D eigenvalue weighted by molar-refractivity contribution is 0.0650. The maximum atomic E-state index is 11.8. The van der Waals surface area contributed by atoms with Gasteiger partial charge in [-0.25, -0.2) is 4.79 Å². The molecule has 0 radical (unpaired) electrons. The van der Waals surface area contributed by atoms with E-state index >= 15 is 0 Å². The molecule has 6 heteroatoms. The fourth-order valence-electron chi connectivity index (χ4n) is 1.65. The first kappa shape index (κ1) is 10.7. The Hall–Kier alpha value is -1.82. The van der Waals surface area contributed by atoms with Crippen LogP contribution in [0.15, 0.2) is 16.5 Å². The summed E-state index contributed by atoms with van der Waals surface area (Å²) >= 11 is 0. The monoisotopic (exact) mass is 225 g/mol. The molecule has 0 bridgehead atoms. The molecule has 86 valence electrons. The van der Waals surface area contributed by atoms with Gasteiger partial charge in [-0.05, 0) is 18.6 Å². The van der Waals surface area contributed by atoms with E-state index in [1.165, 1.54) is 17.0 Å². The van der Waals surface area contributed by atoms with Crippen molar-refractivity contribution in [3.8, 4) is 0 Å². The molecule has 1 saturated heterocycles. The SMILES string of the molecule is O=C(O)c1ccc(C(=O)N2CCC(O)C2)o1. The van der Waals surface area contributed by atoms with Crippen LogP contribution in [0.25, 0.3) is 0 Å². The molecule has 2 heterocycles. The van der Waals surface area contributed by atoms with Gasteiger partial charge in [0.15, 0.2) is 5.76 Å². The Labute approximate surface area is 91.1 Å². The van der Waals surface area contributed by atoms with Crippen LogP contribution in [0.4, 0.5) is 0 Å². The molecule has 6 nitrogen and oxygen atoms in total. The molecule has 0 saturated carbocycles. The Morgan fingerprint density at radius 2 is 2.06 bits per heavy atom. The topological polar surface area (TPSA) is 91.0 Å². The van der Waals surface area contributed by atoms with E-state index in [9.17, 15) is 14.7 Å². The summed E-state index contributed by atoms with van der Waals surface area (Å²) in [6, 6.07) is 2.57. The Morgan fingerprint density at radius 3 is 2.56 bits per heavy atom. The quantitative estimate of drug-likeness (QED) is 0.749. The zero-order valence-electron chi connectivity index (χ0n) is 8.42. The van der Waals surface area contributed by atoms with Gasteiger partial charge in [0.05, 0.1) is 6.10 Å². The number of carbonyl (C=O) groups is 2. The summed E-state index contributed by atoms with van der Waals surface area (Å²) in [6.07, 6.45) is 0.0379. The van der Waals surface area contributed by atoms with Crippen LogP contribution in [0.1, 0.15) is 27.5 Å². The largest absolute Gasteiger partial charge is 0.475 e. The molecule has 2 rings (SSSR count). The van der Waals surface area contributed by atoms with Crippen LogP contribution in [0.2, 0.25) is 0 Å². The second-order valence-corrected chi connectivity index (χ2v) is 3.66. The minimum absolute atomic E-state index is 0.00787. The predicted octanol–water partition coefficient (Wildman–Crippen LogP) is 0.185. The molecular formula is C10H11NO5. The van der Waals surface area contributed by atoms with Crippen molar-refractivity contribution < 1.29 is 24.2 Å². The van der Waals surface area contributed by atoms with Crippen LogP contribution < -0.4 is 0 Å². The average Bonchev–Trinajstić information content (AvgIpc) is 2.84. The number of rotatable bonds is 2. The molecule has 16 heavy (non-hydrogen) atoms. The number of carbonyl (C=O) groups excluding carboxylic acids is 1. The van der Waals surface area contributed by atoms with Gasteiger partial charge in [0.1, 0.15) is 0 Å². The highest BCUT2D eigenvalue weighted by Gasteiger charge is 2.27. The molecule has 0 aromatic carbocycles. The lowest BCUT2D eigenvalue weighted by Gasteiger charge is -2.12. The van der Waals surface area contributed by atoms with Crippen LogP contribution in [-0.2, 0) is 0 Å². The lowest BCUT2D eigenvalue weighted by Crippen LogP contribution is -2.29. The normalized spacial score (nSPS) is 20.1. The van der Waals surface area contributed by atoms with Gasteiger partial charge in [0.25, 0.3) is 5.91 Å². The number of aromatic carboxylic acids is 1. The molecule has 1 fully saturated rings. The highest BCUT2D eigenvalue weighted by Crippen LogP contribution is 2.15. The standard InChI is InChI=1S/C10H11NO5/c12-6-3-4-11(5-6)9(13)7-1-2-8(16-7)10(14)15/h1-2,6,12H,3-5H2,(H,14,15). The molecule has 1 atom stereocenters. The summed E-state index contributed by atoms with van der Waals surface area (Å²) in [6.45, 7) is 0.727. The number of carboxylic acids is 1. The van der Waals surface area contributed by atoms with Crippen molar-refractivity contribution in [2.45, 2.75) is 12.5 Å². The third-order valence-electron chi connectivity index (χ3n) is 2.48. The Morgan fingerprint density at radius 1 is 1.38 bits per heavy atom. The number of hydrogen-bond acceptors (Lipinski definition) is 4. The molecule has 1 aliphatic rings. The van der Waals surface area contributed by atoms with Gasteiger partial charge < -0.3 is 19.5 Å². The summed E-state index contributed by atoms with van der Waals surface area (Å²) in [5.74, 6) is -1.86. The van der Waals surface area contributed by atoms with Gasteiger partial charge in [-0.3, -0.25) is 4.79 Å². The Kier molecular flexibility index (Phi) is 2.66. The van der Waals surface area contributed by atoms with E-state index < -0.39 is 12.1 Å². The number of furan rings is 1. The highest BCUT2D eigenvalue weighted by molar-refractivity contribution is 5.93. The van der Waals surface area contributed by atoms with Gasteiger partial charge in [-0.1, -0.05) is 0 Å². The van der Waals surface area contributed by atoms with Crippen LogP contribution in [0, 0.1) is 0 Å². The molecular weight excluding hydrogens is 214 g/mol. The molecule has 1 amide bonds. The molecule has 0 aliphatic carbocycles. The van der Waals surface area contributed by atoms with Crippen molar-refractivity contribution in [1.82, 2.24) is 4.90 Å². The van der Waals surface area contributed by atoms with Gasteiger partial charge in [-0.2, -0.15) is 0 Å². The number of aliphatic hydroxyl groups excluding tert-OH is 1. The zero-order chi connectivity index (χ0) is 11.7. The van der Waals surface area contributed by atoms with E-state index in [0.717, 1.165) is 0 Å². The summed E-state index contributed by atoms with van der Waals surface area (Å²) < 4.78 is 4.88. The summed E-state index contributed by atoms with van der Waals surface area (Å²) in [5.41, 5.74) is 0. The van der Waals surface area contributed by atoms with Crippen molar-refractivity contribution in [1.29, 1.82) is 0 Å². The van der Waals surface area contributed by atoms with Crippen LogP contribution in [0.5, 0.6) is 0 Å². The molecule has 1 aliphatic heterocycles. The molecule has 1 aromatic rings. The molecule has 1 unspecified atom stereocenters. The smallest absolute Gasteiger partial charge is 0.371 e. The van der Waals surface area contributed by atoms with Gasteiger partial charge in [-0.15, -0.1) is 0 Å².